The summed E-state index contributed by atoms with van der Waals surface area (Å²) in [6.45, 7) is 0. The van der Waals surface area contributed by atoms with E-state index in [2.05, 4.69) is 121 Å². The second-order valence-electron chi connectivity index (χ2n) is 6.95. The molecule has 0 atom stereocenters. The third kappa shape index (κ3) is 2.89. The van der Waals surface area contributed by atoms with Crippen LogP contribution in [0.25, 0.3) is 5.57 Å². The molecule has 1 heteroatoms. The molecular weight excluding hydrogens is 356 g/mol. The van der Waals surface area contributed by atoms with Gasteiger partial charge in [0.25, 0.3) is 0 Å². The highest BCUT2D eigenvalue weighted by Gasteiger charge is 2.55. The molecule has 0 aliphatic carbocycles. The maximum absolute atomic E-state index is 2.25. The standard InChI is InChI=1S/C27H20S/c1-5-13-21(14-6-1)25(22-15-7-2-8-16-22)26-27(28-26,23-17-9-3-10-18-23)24-19-11-4-12-20-24/h1-20H. The smallest absolute Gasteiger partial charge is 0.102 e. The maximum Gasteiger partial charge on any atom is 0.102 e. The fourth-order valence-electron chi connectivity index (χ4n) is 3.89. The summed E-state index contributed by atoms with van der Waals surface area (Å²) >= 11 is 1.97. The van der Waals surface area contributed by atoms with Crippen molar-refractivity contribution in [2.24, 2.45) is 0 Å². The Bertz CT molecular complexity index is 1020. The van der Waals surface area contributed by atoms with Crippen LogP contribution >= 0.6 is 11.8 Å². The van der Waals surface area contributed by atoms with Crippen LogP contribution in [0.3, 0.4) is 0 Å². The molecule has 5 rings (SSSR count). The molecule has 0 bridgehead atoms. The summed E-state index contributed by atoms with van der Waals surface area (Å²) in [7, 11) is 0. The molecule has 0 unspecified atom stereocenters. The number of thioether (sulfide) groups is 1. The monoisotopic (exact) mass is 376 g/mol. The van der Waals surface area contributed by atoms with Crippen LogP contribution in [-0.4, -0.2) is 0 Å². The first-order valence-corrected chi connectivity index (χ1v) is 10.4. The molecule has 28 heavy (non-hydrogen) atoms. The van der Waals surface area contributed by atoms with Crippen LogP contribution in [0, 0.1) is 0 Å². The normalized spacial score (nSPS) is 14.5. The van der Waals surface area contributed by atoms with E-state index in [4.69, 9.17) is 0 Å². The summed E-state index contributed by atoms with van der Waals surface area (Å²) in [5, 5.41) is 0. The van der Waals surface area contributed by atoms with Crippen LogP contribution in [0.5, 0.6) is 0 Å². The van der Waals surface area contributed by atoms with E-state index >= 15 is 0 Å². The average Bonchev–Trinajstić information content (AvgIpc) is 3.53. The molecule has 1 aliphatic heterocycles. The van der Waals surface area contributed by atoms with Crippen molar-refractivity contribution in [1.82, 2.24) is 0 Å². The zero-order chi connectivity index (χ0) is 18.8. The zero-order valence-corrected chi connectivity index (χ0v) is 16.3. The predicted octanol–water partition coefficient (Wildman–Crippen LogP) is 7.14. The summed E-state index contributed by atoms with van der Waals surface area (Å²) in [4.78, 5) is 1.42. The first kappa shape index (κ1) is 17.1. The number of hydrogen-bond donors (Lipinski definition) is 0. The third-order valence-electron chi connectivity index (χ3n) is 5.25. The Balaban J connectivity index is 1.78. The van der Waals surface area contributed by atoms with Crippen LogP contribution in [0.4, 0.5) is 0 Å². The van der Waals surface area contributed by atoms with Gasteiger partial charge in [0.1, 0.15) is 4.75 Å². The zero-order valence-electron chi connectivity index (χ0n) is 15.5. The van der Waals surface area contributed by atoms with E-state index < -0.39 is 0 Å². The highest BCUT2D eigenvalue weighted by Crippen LogP contribution is 2.71. The van der Waals surface area contributed by atoms with Crippen LogP contribution < -0.4 is 0 Å². The van der Waals surface area contributed by atoms with Gasteiger partial charge in [-0.25, -0.2) is 0 Å². The Hall–Kier alpha value is -3.03. The third-order valence-corrected chi connectivity index (χ3v) is 6.74. The molecule has 0 spiro atoms. The van der Waals surface area contributed by atoms with E-state index in [1.807, 2.05) is 11.8 Å². The van der Waals surface area contributed by atoms with Gasteiger partial charge in [-0.15, -0.1) is 11.8 Å². The predicted molar refractivity (Wildman–Crippen MR) is 120 cm³/mol. The van der Waals surface area contributed by atoms with Crippen molar-refractivity contribution in [2.45, 2.75) is 4.75 Å². The summed E-state index contributed by atoms with van der Waals surface area (Å²) in [5.41, 5.74) is 6.55. The van der Waals surface area contributed by atoms with Crippen LogP contribution in [0.15, 0.2) is 126 Å². The summed E-state index contributed by atoms with van der Waals surface area (Å²) in [6, 6.07) is 43.3. The van der Waals surface area contributed by atoms with Gasteiger partial charge in [-0.2, -0.15) is 0 Å². The van der Waals surface area contributed by atoms with Crippen molar-refractivity contribution in [2.75, 3.05) is 0 Å². The van der Waals surface area contributed by atoms with Crippen molar-refractivity contribution >= 4 is 17.3 Å². The molecule has 0 N–H and O–H groups in total. The molecule has 1 saturated heterocycles. The van der Waals surface area contributed by atoms with E-state index in [0.29, 0.717) is 0 Å². The lowest BCUT2D eigenvalue weighted by Crippen LogP contribution is -2.09. The number of benzene rings is 4. The molecular formula is C27H20S. The van der Waals surface area contributed by atoms with Gasteiger partial charge < -0.3 is 0 Å². The molecule has 0 nitrogen and oxygen atoms in total. The first-order valence-electron chi connectivity index (χ1n) is 9.55. The topological polar surface area (TPSA) is 0 Å². The quantitative estimate of drug-likeness (QED) is 0.341. The lowest BCUT2D eigenvalue weighted by molar-refractivity contribution is 1.000. The average molecular weight is 377 g/mol. The van der Waals surface area contributed by atoms with E-state index in [1.54, 1.807) is 0 Å². The van der Waals surface area contributed by atoms with E-state index in [-0.39, 0.29) is 4.75 Å². The fraction of sp³-hybridized carbons (Fsp3) is 0.0370. The largest absolute Gasteiger partial charge is 0.106 e. The van der Waals surface area contributed by atoms with Gasteiger partial charge in [-0.3, -0.25) is 0 Å². The van der Waals surface area contributed by atoms with Gasteiger partial charge in [0.2, 0.25) is 0 Å². The van der Waals surface area contributed by atoms with Crippen molar-refractivity contribution in [3.8, 4) is 0 Å². The number of rotatable bonds is 4. The molecule has 1 heterocycles. The Kier molecular flexibility index (Phi) is 4.38. The van der Waals surface area contributed by atoms with Crippen LogP contribution in [0.1, 0.15) is 22.3 Å². The first-order chi connectivity index (χ1) is 13.9. The van der Waals surface area contributed by atoms with E-state index in [0.717, 1.165) is 0 Å². The Morgan fingerprint density at radius 3 is 1.21 bits per heavy atom. The molecule has 134 valence electrons. The second-order valence-corrected chi connectivity index (χ2v) is 8.18. The van der Waals surface area contributed by atoms with E-state index in [1.165, 1.54) is 32.7 Å². The highest BCUT2D eigenvalue weighted by molar-refractivity contribution is 8.12. The number of hydrogen-bond acceptors (Lipinski definition) is 1. The SMILES string of the molecule is c1ccc(C(=C2SC2(c2ccccc2)c2ccccc2)c2ccccc2)cc1. The molecule has 4 aromatic rings. The highest BCUT2D eigenvalue weighted by atomic mass is 32.2. The van der Waals surface area contributed by atoms with Crippen molar-refractivity contribution in [1.29, 1.82) is 0 Å². The van der Waals surface area contributed by atoms with Crippen LogP contribution in [0.2, 0.25) is 0 Å². The molecule has 0 amide bonds. The Morgan fingerprint density at radius 1 is 0.464 bits per heavy atom. The van der Waals surface area contributed by atoms with Gasteiger partial charge in [-0.05, 0) is 22.3 Å². The molecule has 1 aliphatic rings. The summed E-state index contributed by atoms with van der Waals surface area (Å²) < 4.78 is -0.121. The van der Waals surface area contributed by atoms with Gasteiger partial charge >= 0.3 is 0 Å². The molecule has 0 radical (unpaired) electrons. The van der Waals surface area contributed by atoms with Crippen LogP contribution in [-0.2, 0) is 4.75 Å². The van der Waals surface area contributed by atoms with Gasteiger partial charge in [0, 0.05) is 10.5 Å². The maximum atomic E-state index is 2.25. The summed E-state index contributed by atoms with van der Waals surface area (Å²) in [6.07, 6.45) is 0. The Morgan fingerprint density at radius 2 is 0.821 bits per heavy atom. The molecule has 4 aromatic carbocycles. The van der Waals surface area contributed by atoms with Crippen molar-refractivity contribution in [3.05, 3.63) is 148 Å². The minimum absolute atomic E-state index is 0.121. The van der Waals surface area contributed by atoms with Gasteiger partial charge in [-0.1, -0.05) is 121 Å². The van der Waals surface area contributed by atoms with Gasteiger partial charge in [0.05, 0.1) is 0 Å². The van der Waals surface area contributed by atoms with E-state index in [9.17, 15) is 0 Å². The van der Waals surface area contributed by atoms with Crippen molar-refractivity contribution < 1.29 is 0 Å². The lowest BCUT2D eigenvalue weighted by atomic mass is 9.86. The minimum Gasteiger partial charge on any atom is -0.106 e. The Labute approximate surface area is 170 Å². The van der Waals surface area contributed by atoms with Gasteiger partial charge in [0.15, 0.2) is 0 Å². The minimum atomic E-state index is -0.121. The molecule has 1 fully saturated rings. The fourth-order valence-corrected chi connectivity index (χ4v) is 5.32. The van der Waals surface area contributed by atoms with Crippen molar-refractivity contribution in [3.63, 3.8) is 0 Å². The second kappa shape index (κ2) is 7.18. The summed E-state index contributed by atoms with van der Waals surface area (Å²) in [5.74, 6) is 0. The lowest BCUT2D eigenvalue weighted by Gasteiger charge is -2.16. The molecule has 0 saturated carbocycles. The molecule has 0 aromatic heterocycles.